The van der Waals surface area contributed by atoms with E-state index >= 15 is 0 Å². The van der Waals surface area contributed by atoms with Gasteiger partial charge in [0.05, 0.1) is 12.1 Å². The lowest BCUT2D eigenvalue weighted by Gasteiger charge is -2.30. The van der Waals surface area contributed by atoms with Gasteiger partial charge in [0.2, 0.25) is 17.7 Å². The zero-order valence-corrected chi connectivity index (χ0v) is 41.0. The number of esters is 1. The number of hydrogen-bond acceptors (Lipinski definition) is 9. The van der Waals surface area contributed by atoms with Crippen molar-refractivity contribution in [3.8, 4) is 0 Å². The topological polar surface area (TPSA) is 224 Å². The quantitative estimate of drug-likeness (QED) is 0.0421. The minimum Gasteiger partial charge on any atom is -0.461 e. The van der Waals surface area contributed by atoms with E-state index in [1.807, 2.05) is 62.3 Å². The van der Waals surface area contributed by atoms with Gasteiger partial charge in [-0.25, -0.2) is 4.79 Å². The molecule has 0 fully saturated rings. The third kappa shape index (κ3) is 25.7. The lowest BCUT2D eigenvalue weighted by Crippen LogP contribution is -2.51. The highest BCUT2D eigenvalue weighted by Crippen LogP contribution is 2.23. The number of primary amides is 1. The number of amides is 6. The number of carbonyl (C=O) groups is 7. The Morgan fingerprint density at radius 3 is 1.86 bits per heavy atom. The third-order valence-electron chi connectivity index (χ3n) is 9.74. The lowest BCUT2D eigenvalue weighted by atomic mass is 9.86. The molecule has 2 aromatic carbocycles. The van der Waals surface area contributed by atoms with Gasteiger partial charge < -0.3 is 41.8 Å². The number of urea groups is 1. The van der Waals surface area contributed by atoms with Gasteiger partial charge in [0.15, 0.2) is 5.78 Å². The van der Waals surface area contributed by atoms with Gasteiger partial charge in [-0.1, -0.05) is 86.1 Å². The Hall–Kier alpha value is -5.31. The maximum atomic E-state index is 13.1. The second kappa shape index (κ2) is 30.7. The maximum Gasteiger partial charge on any atom is 0.312 e. The molecular formula is C49H80N6O9. The van der Waals surface area contributed by atoms with Gasteiger partial charge in [0.1, 0.15) is 12.6 Å². The van der Waals surface area contributed by atoms with E-state index in [9.17, 15) is 33.6 Å². The monoisotopic (exact) mass is 897 g/mol. The van der Waals surface area contributed by atoms with Crippen molar-refractivity contribution in [2.45, 2.75) is 159 Å². The van der Waals surface area contributed by atoms with E-state index in [0.717, 1.165) is 31.2 Å². The van der Waals surface area contributed by atoms with Crippen molar-refractivity contribution < 1.29 is 43.0 Å². The molecule has 64 heavy (non-hydrogen) atoms. The highest BCUT2D eigenvalue weighted by Gasteiger charge is 2.28. The van der Waals surface area contributed by atoms with Crippen molar-refractivity contribution in [1.29, 1.82) is 0 Å². The third-order valence-corrected chi connectivity index (χ3v) is 9.74. The fourth-order valence-electron chi connectivity index (χ4n) is 6.19. The zero-order valence-electron chi connectivity index (χ0n) is 41.0. The van der Waals surface area contributed by atoms with Crippen LogP contribution in [0.4, 0.5) is 10.5 Å². The van der Waals surface area contributed by atoms with Crippen LogP contribution in [0.15, 0.2) is 48.5 Å². The van der Waals surface area contributed by atoms with Crippen LogP contribution in [0.5, 0.6) is 0 Å². The summed E-state index contributed by atoms with van der Waals surface area (Å²) < 4.78 is 11.1. The summed E-state index contributed by atoms with van der Waals surface area (Å²) in [5.41, 5.74) is 5.87. The molecular weight excluding hydrogens is 817 g/mol. The van der Waals surface area contributed by atoms with Crippen molar-refractivity contribution in [2.24, 2.45) is 23.5 Å². The second-order valence-corrected chi connectivity index (χ2v) is 17.6. The predicted molar refractivity (Wildman–Crippen MR) is 254 cm³/mol. The first-order valence-corrected chi connectivity index (χ1v) is 22.7. The zero-order chi connectivity index (χ0) is 49.0. The summed E-state index contributed by atoms with van der Waals surface area (Å²) in [5.74, 6) is -1.53. The first-order valence-electron chi connectivity index (χ1n) is 22.7. The molecule has 0 aliphatic carbocycles. The molecule has 7 N–H and O–H groups in total. The molecule has 2 aromatic rings. The summed E-state index contributed by atoms with van der Waals surface area (Å²) in [6, 6.07) is 12.4. The van der Waals surface area contributed by atoms with E-state index in [0.29, 0.717) is 48.7 Å². The van der Waals surface area contributed by atoms with E-state index in [1.54, 1.807) is 48.5 Å². The highest BCUT2D eigenvalue weighted by molar-refractivity contribution is 6.00. The molecule has 0 heterocycles. The SMILES string of the molecule is CC.CCCC(CC(C)C)C(=O)c1ccc(C(=O)NC(C)(C)CCOC(C)(C)CCC(=O)NC(C(=O)NCC(=O)Nc2ccc(COC(C)=O)cc2)C(C)C)cc1.CCCNC(N)=O. The Kier molecular flexibility index (Phi) is 28.2. The first kappa shape index (κ1) is 58.7. The number of benzene rings is 2. The van der Waals surface area contributed by atoms with Crippen LogP contribution < -0.4 is 32.3 Å². The summed E-state index contributed by atoms with van der Waals surface area (Å²) >= 11 is 0. The molecule has 2 unspecified atom stereocenters. The largest absolute Gasteiger partial charge is 0.461 e. The van der Waals surface area contributed by atoms with Gasteiger partial charge in [-0.2, -0.15) is 0 Å². The molecule has 0 spiro atoms. The fraction of sp³-hybridized carbons (Fsp3) is 0.612. The van der Waals surface area contributed by atoms with Crippen molar-refractivity contribution in [3.05, 3.63) is 65.2 Å². The molecule has 0 aliphatic heterocycles. The molecule has 15 heteroatoms. The Bertz CT molecular complexity index is 1740. The van der Waals surface area contributed by atoms with Crippen LogP contribution in [0.1, 0.15) is 161 Å². The minimum absolute atomic E-state index is 0.0165. The van der Waals surface area contributed by atoms with Crippen LogP contribution in [0, 0.1) is 17.8 Å². The number of Topliss-reactive ketones (excluding diaryl/α,β-unsaturated/α-hetero) is 1. The molecule has 6 amide bonds. The number of ketones is 1. The van der Waals surface area contributed by atoms with Crippen LogP contribution in [0.3, 0.4) is 0 Å². The predicted octanol–water partition coefficient (Wildman–Crippen LogP) is 7.86. The van der Waals surface area contributed by atoms with E-state index in [2.05, 4.69) is 47.4 Å². The van der Waals surface area contributed by atoms with E-state index in [1.165, 1.54) is 6.92 Å². The summed E-state index contributed by atoms with van der Waals surface area (Å²) in [6.07, 6.45) is 4.60. The summed E-state index contributed by atoms with van der Waals surface area (Å²) in [5, 5.41) is 13.6. The van der Waals surface area contributed by atoms with Gasteiger partial charge in [0, 0.05) is 54.8 Å². The lowest BCUT2D eigenvalue weighted by molar-refractivity contribution is -0.142. The van der Waals surface area contributed by atoms with Crippen LogP contribution >= 0.6 is 0 Å². The van der Waals surface area contributed by atoms with Gasteiger partial charge >= 0.3 is 12.0 Å². The molecule has 15 nitrogen and oxygen atoms in total. The number of carbonyl (C=O) groups excluding carboxylic acids is 7. The van der Waals surface area contributed by atoms with Crippen molar-refractivity contribution >= 4 is 47.1 Å². The Balaban J connectivity index is 0.00000400. The molecule has 0 radical (unpaired) electrons. The normalized spacial score (nSPS) is 12.0. The summed E-state index contributed by atoms with van der Waals surface area (Å²) in [7, 11) is 0. The molecule has 0 saturated heterocycles. The van der Waals surface area contributed by atoms with Crippen LogP contribution in [-0.4, -0.2) is 78.3 Å². The van der Waals surface area contributed by atoms with Crippen molar-refractivity contribution in [1.82, 2.24) is 21.3 Å². The maximum absolute atomic E-state index is 13.1. The second-order valence-electron chi connectivity index (χ2n) is 17.6. The first-order chi connectivity index (χ1) is 30.0. The molecule has 0 saturated carbocycles. The molecule has 360 valence electrons. The van der Waals surface area contributed by atoms with Crippen LogP contribution in [-0.2, 0) is 35.3 Å². The van der Waals surface area contributed by atoms with E-state index < -0.39 is 35.0 Å². The number of ether oxygens (including phenoxy) is 2. The Labute approximate surface area is 382 Å². The molecule has 2 atom stereocenters. The molecule has 0 bridgehead atoms. The summed E-state index contributed by atoms with van der Waals surface area (Å²) in [6.45, 7) is 25.7. The van der Waals surface area contributed by atoms with Gasteiger partial charge in [-0.15, -0.1) is 0 Å². The fourth-order valence-corrected chi connectivity index (χ4v) is 6.19. The van der Waals surface area contributed by atoms with Gasteiger partial charge in [-0.3, -0.25) is 28.8 Å². The molecule has 2 rings (SSSR count). The number of anilines is 1. The average Bonchev–Trinajstić information content (AvgIpc) is 3.23. The number of nitrogens with one attached hydrogen (secondary N) is 5. The Morgan fingerprint density at radius 1 is 0.766 bits per heavy atom. The van der Waals surface area contributed by atoms with Crippen molar-refractivity contribution in [3.63, 3.8) is 0 Å². The van der Waals surface area contributed by atoms with E-state index in [4.69, 9.17) is 15.2 Å². The van der Waals surface area contributed by atoms with Gasteiger partial charge in [0.25, 0.3) is 5.91 Å². The molecule has 0 aromatic heterocycles. The number of nitrogens with two attached hydrogens (primary N) is 1. The van der Waals surface area contributed by atoms with Crippen molar-refractivity contribution in [2.75, 3.05) is 25.0 Å². The molecule has 0 aliphatic rings. The standard InChI is InChI=1S/C43H64N4O8.C4H10N2O.C2H6/c1-11-12-34(25-28(2)3)39(51)32-15-17-33(18-16-32)40(52)47-42(7,8)23-24-55-43(9,10)22-21-36(49)46-38(29(4)5)41(53)44-26-37(50)45-35-19-13-31(14-20-35)27-54-30(6)48;1-2-3-6-4(5)7;1-2/h13-20,28-29,34,38H,11-12,21-27H2,1-10H3,(H,44,53)(H,45,50)(H,46,49)(H,47,52);2-3H2,1H3,(H3,5,6,7);1-2H3. The Morgan fingerprint density at radius 2 is 1.36 bits per heavy atom. The average molecular weight is 897 g/mol. The number of hydrogen-bond donors (Lipinski definition) is 6. The number of rotatable bonds is 25. The van der Waals surface area contributed by atoms with Gasteiger partial charge in [-0.05, 0) is 101 Å². The van der Waals surface area contributed by atoms with Crippen LogP contribution in [0.25, 0.3) is 0 Å². The van der Waals surface area contributed by atoms with Crippen LogP contribution in [0.2, 0.25) is 0 Å². The highest BCUT2D eigenvalue weighted by atomic mass is 16.5. The smallest absolute Gasteiger partial charge is 0.312 e. The summed E-state index contributed by atoms with van der Waals surface area (Å²) in [4.78, 5) is 85.4. The van der Waals surface area contributed by atoms with E-state index in [-0.39, 0.29) is 55.0 Å². The minimum atomic E-state index is -0.839.